The van der Waals surface area contributed by atoms with Crippen LogP contribution >= 0.6 is 0 Å². The summed E-state index contributed by atoms with van der Waals surface area (Å²) in [7, 11) is 0. The number of nitrogens with zero attached hydrogens (tertiary/aromatic N) is 2. The van der Waals surface area contributed by atoms with Crippen LogP contribution in [0.4, 0.5) is 0 Å². The second-order valence-electron chi connectivity index (χ2n) is 12.0. The van der Waals surface area contributed by atoms with Crippen LogP contribution in [0.3, 0.4) is 0 Å². The average molecular weight is 597 g/mol. The van der Waals surface area contributed by atoms with Gasteiger partial charge in [0, 0.05) is 16.5 Å². The average Bonchev–Trinajstić information content (AvgIpc) is 3.48. The maximum Gasteiger partial charge on any atom is 0.0998 e. The molecule has 0 fully saturated rings. The van der Waals surface area contributed by atoms with Gasteiger partial charge in [0.25, 0.3) is 0 Å². The molecule has 0 atom stereocenters. The summed E-state index contributed by atoms with van der Waals surface area (Å²) in [6.07, 6.45) is 0. The molecule has 0 saturated carbocycles. The number of para-hydroxylation sites is 2. The Kier molecular flexibility index (Phi) is 6.23. The fourth-order valence-corrected chi connectivity index (χ4v) is 7.41. The molecule has 0 aliphatic rings. The first-order valence-corrected chi connectivity index (χ1v) is 15.9. The number of fused-ring (bicyclic) bond motifs is 5. The number of rotatable bonds is 4. The topological polar surface area (TPSA) is 28.7 Å². The molecule has 0 amide bonds. The number of hydrogen-bond donors (Lipinski definition) is 0. The summed E-state index contributed by atoms with van der Waals surface area (Å²) >= 11 is 0. The van der Waals surface area contributed by atoms with Crippen molar-refractivity contribution in [3.63, 3.8) is 0 Å². The first-order valence-electron chi connectivity index (χ1n) is 15.9. The molecular weight excluding hydrogens is 569 g/mol. The molecular formula is C45H28N2. The summed E-state index contributed by atoms with van der Waals surface area (Å²) in [4.78, 5) is 0. The highest BCUT2D eigenvalue weighted by Crippen LogP contribution is 2.44. The molecule has 8 aromatic carbocycles. The molecule has 1 aromatic heterocycles. The summed E-state index contributed by atoms with van der Waals surface area (Å²) in [5.41, 5.74) is 10.6. The van der Waals surface area contributed by atoms with Gasteiger partial charge in [-0.2, -0.15) is 5.26 Å². The summed E-state index contributed by atoms with van der Waals surface area (Å²) in [6, 6.07) is 62.5. The van der Waals surface area contributed by atoms with E-state index in [4.69, 9.17) is 0 Å². The standard InChI is InChI=1S/C45H28N2/c46-29-33-27-32(45-40-21-6-4-19-38(40)44(30-13-2-1-3-14-30)39-20-5-7-22-41(39)45)25-26-35(33)31-15-12-16-34(28-31)47-42-23-10-8-17-36(42)37-18-9-11-24-43(37)47/h1-28H. The minimum absolute atomic E-state index is 0.655. The second kappa shape index (κ2) is 10.9. The molecule has 0 spiro atoms. The van der Waals surface area contributed by atoms with Gasteiger partial charge in [0.2, 0.25) is 0 Å². The van der Waals surface area contributed by atoms with Crippen LogP contribution in [0.15, 0.2) is 170 Å². The van der Waals surface area contributed by atoms with E-state index in [-0.39, 0.29) is 0 Å². The van der Waals surface area contributed by atoms with Crippen LogP contribution in [0.5, 0.6) is 0 Å². The highest BCUT2D eigenvalue weighted by molar-refractivity contribution is 6.21. The Morgan fingerprint density at radius 1 is 0.383 bits per heavy atom. The molecule has 2 nitrogen and oxygen atoms in total. The Morgan fingerprint density at radius 2 is 0.872 bits per heavy atom. The van der Waals surface area contributed by atoms with Crippen molar-refractivity contribution in [2.45, 2.75) is 0 Å². The molecule has 1 heterocycles. The van der Waals surface area contributed by atoms with Crippen LogP contribution in [-0.4, -0.2) is 4.57 Å². The van der Waals surface area contributed by atoms with Crippen LogP contribution in [0, 0.1) is 11.3 Å². The Balaban J connectivity index is 1.23. The van der Waals surface area contributed by atoms with Crippen molar-refractivity contribution >= 4 is 43.4 Å². The molecule has 0 bridgehead atoms. The van der Waals surface area contributed by atoms with Gasteiger partial charge in [-0.05, 0) is 85.3 Å². The number of hydrogen-bond acceptors (Lipinski definition) is 1. The van der Waals surface area contributed by atoms with Crippen LogP contribution in [0.1, 0.15) is 5.56 Å². The minimum Gasteiger partial charge on any atom is -0.309 e. The van der Waals surface area contributed by atoms with E-state index in [1.165, 1.54) is 54.5 Å². The Hall–Kier alpha value is -6.43. The fourth-order valence-electron chi connectivity index (χ4n) is 7.41. The van der Waals surface area contributed by atoms with Gasteiger partial charge in [0.15, 0.2) is 0 Å². The van der Waals surface area contributed by atoms with Crippen molar-refractivity contribution in [3.8, 4) is 45.1 Å². The van der Waals surface area contributed by atoms with E-state index in [0.29, 0.717) is 5.56 Å². The zero-order valence-electron chi connectivity index (χ0n) is 25.6. The molecule has 0 N–H and O–H groups in total. The van der Waals surface area contributed by atoms with Crippen molar-refractivity contribution in [1.29, 1.82) is 5.26 Å². The third-order valence-electron chi connectivity index (χ3n) is 9.42. The van der Waals surface area contributed by atoms with Crippen molar-refractivity contribution in [2.24, 2.45) is 0 Å². The maximum absolute atomic E-state index is 10.6. The smallest absolute Gasteiger partial charge is 0.0998 e. The van der Waals surface area contributed by atoms with Crippen molar-refractivity contribution in [1.82, 2.24) is 4.57 Å². The van der Waals surface area contributed by atoms with E-state index in [2.05, 4.69) is 180 Å². The molecule has 47 heavy (non-hydrogen) atoms. The van der Waals surface area contributed by atoms with Crippen LogP contribution < -0.4 is 0 Å². The maximum atomic E-state index is 10.6. The molecule has 0 radical (unpaired) electrons. The lowest BCUT2D eigenvalue weighted by atomic mass is 9.85. The third kappa shape index (κ3) is 4.26. The van der Waals surface area contributed by atoms with Crippen molar-refractivity contribution in [2.75, 3.05) is 0 Å². The molecule has 218 valence electrons. The lowest BCUT2D eigenvalue weighted by Gasteiger charge is -2.18. The van der Waals surface area contributed by atoms with Crippen molar-refractivity contribution < 1.29 is 0 Å². The van der Waals surface area contributed by atoms with Gasteiger partial charge in [-0.15, -0.1) is 0 Å². The second-order valence-corrected chi connectivity index (χ2v) is 12.0. The predicted octanol–water partition coefficient (Wildman–Crippen LogP) is 12.0. The van der Waals surface area contributed by atoms with Gasteiger partial charge in [0.1, 0.15) is 0 Å². The third-order valence-corrected chi connectivity index (χ3v) is 9.42. The molecule has 2 heteroatoms. The largest absolute Gasteiger partial charge is 0.309 e. The highest BCUT2D eigenvalue weighted by atomic mass is 15.0. The van der Waals surface area contributed by atoms with Gasteiger partial charge in [-0.25, -0.2) is 0 Å². The summed E-state index contributed by atoms with van der Waals surface area (Å²) in [6.45, 7) is 0. The summed E-state index contributed by atoms with van der Waals surface area (Å²) in [5, 5.41) is 17.8. The van der Waals surface area contributed by atoms with Crippen LogP contribution in [0.2, 0.25) is 0 Å². The molecule has 9 aromatic rings. The van der Waals surface area contributed by atoms with E-state index in [0.717, 1.165) is 27.9 Å². The first kappa shape index (κ1) is 26.9. The molecule has 9 rings (SSSR count). The Bertz CT molecular complexity index is 2580. The lowest BCUT2D eigenvalue weighted by molar-refractivity contribution is 1.18. The molecule has 0 aliphatic carbocycles. The van der Waals surface area contributed by atoms with Gasteiger partial charge < -0.3 is 4.57 Å². The summed E-state index contributed by atoms with van der Waals surface area (Å²) in [5.74, 6) is 0. The SMILES string of the molecule is N#Cc1cc(-c2c3ccccc3c(-c3ccccc3)c3ccccc23)ccc1-c1cccc(-n2c3ccccc3c3ccccc32)c1. The van der Waals surface area contributed by atoms with E-state index >= 15 is 0 Å². The van der Waals surface area contributed by atoms with E-state index < -0.39 is 0 Å². The monoisotopic (exact) mass is 596 g/mol. The van der Waals surface area contributed by atoms with Crippen LogP contribution in [0.25, 0.3) is 82.4 Å². The normalized spacial score (nSPS) is 11.4. The van der Waals surface area contributed by atoms with E-state index in [9.17, 15) is 5.26 Å². The number of benzene rings is 8. The number of nitriles is 1. The van der Waals surface area contributed by atoms with Gasteiger partial charge in [0.05, 0.1) is 22.7 Å². The predicted molar refractivity (Wildman–Crippen MR) is 197 cm³/mol. The van der Waals surface area contributed by atoms with E-state index in [1.54, 1.807) is 0 Å². The van der Waals surface area contributed by atoms with Crippen LogP contribution in [-0.2, 0) is 0 Å². The zero-order valence-corrected chi connectivity index (χ0v) is 25.6. The van der Waals surface area contributed by atoms with Gasteiger partial charge in [-0.1, -0.05) is 140 Å². The van der Waals surface area contributed by atoms with Gasteiger partial charge >= 0.3 is 0 Å². The van der Waals surface area contributed by atoms with Gasteiger partial charge in [-0.3, -0.25) is 0 Å². The minimum atomic E-state index is 0.655. The Morgan fingerprint density at radius 3 is 1.45 bits per heavy atom. The fraction of sp³-hybridized carbons (Fsp3) is 0. The quantitative estimate of drug-likeness (QED) is 0.186. The Labute approximate surface area is 273 Å². The zero-order chi connectivity index (χ0) is 31.3. The highest BCUT2D eigenvalue weighted by Gasteiger charge is 2.18. The molecule has 0 saturated heterocycles. The first-order chi connectivity index (χ1) is 23.3. The van der Waals surface area contributed by atoms with Crippen molar-refractivity contribution in [3.05, 3.63) is 175 Å². The molecule has 0 unspecified atom stereocenters. The van der Waals surface area contributed by atoms with E-state index in [1.807, 2.05) is 0 Å². The molecule has 0 aliphatic heterocycles. The summed E-state index contributed by atoms with van der Waals surface area (Å²) < 4.78 is 2.32. The lowest BCUT2D eigenvalue weighted by Crippen LogP contribution is -1.95. The number of aromatic nitrogens is 1.